The number of benzene rings is 1. The van der Waals surface area contributed by atoms with Crippen LogP contribution < -0.4 is 4.74 Å². The minimum atomic E-state index is -3.33. The van der Waals surface area contributed by atoms with Gasteiger partial charge >= 0.3 is 0 Å². The third-order valence-electron chi connectivity index (χ3n) is 2.45. The van der Waals surface area contributed by atoms with E-state index in [0.29, 0.717) is 0 Å². The molecule has 0 aromatic heterocycles. The molecule has 94 valence electrons. The molecule has 2 atom stereocenters. The number of ether oxygens (including phenoxy) is 1. The summed E-state index contributed by atoms with van der Waals surface area (Å²) in [5, 5.41) is 9.44. The van der Waals surface area contributed by atoms with Gasteiger partial charge in [-0.05, 0) is 12.1 Å². The molecule has 0 radical (unpaired) electrons. The normalized spacial score (nSPS) is 27.0. The maximum absolute atomic E-state index is 12.9. The van der Waals surface area contributed by atoms with Crippen molar-refractivity contribution in [3.63, 3.8) is 0 Å². The summed E-state index contributed by atoms with van der Waals surface area (Å²) in [4.78, 5) is 0. The lowest BCUT2D eigenvalue weighted by Gasteiger charge is -2.15. The number of sulfone groups is 1. The highest BCUT2D eigenvalue weighted by Crippen LogP contribution is 2.21. The van der Waals surface area contributed by atoms with Crippen molar-refractivity contribution < 1.29 is 27.0 Å². The van der Waals surface area contributed by atoms with Gasteiger partial charge in [0.2, 0.25) is 0 Å². The van der Waals surface area contributed by atoms with Gasteiger partial charge in [-0.15, -0.1) is 0 Å². The summed E-state index contributed by atoms with van der Waals surface area (Å²) >= 11 is 0. The number of hydrogen-bond acceptors (Lipinski definition) is 4. The molecule has 17 heavy (non-hydrogen) atoms. The number of halogens is 2. The van der Waals surface area contributed by atoms with Gasteiger partial charge in [-0.25, -0.2) is 17.2 Å². The van der Waals surface area contributed by atoms with Gasteiger partial charge in [0.05, 0.1) is 11.5 Å². The first-order valence-electron chi connectivity index (χ1n) is 4.87. The van der Waals surface area contributed by atoms with E-state index >= 15 is 0 Å². The Bertz CT molecular complexity index is 529. The number of hydrogen-bond donors (Lipinski definition) is 1. The van der Waals surface area contributed by atoms with Crippen molar-refractivity contribution in [1.29, 1.82) is 0 Å². The van der Waals surface area contributed by atoms with Crippen molar-refractivity contribution >= 4 is 9.84 Å². The van der Waals surface area contributed by atoms with E-state index in [1.807, 2.05) is 0 Å². The van der Waals surface area contributed by atoms with Crippen molar-refractivity contribution in [3.05, 3.63) is 29.8 Å². The third-order valence-corrected chi connectivity index (χ3v) is 4.14. The van der Waals surface area contributed by atoms with E-state index < -0.39 is 33.7 Å². The first-order valence-corrected chi connectivity index (χ1v) is 6.70. The lowest BCUT2D eigenvalue weighted by atomic mass is 10.2. The fourth-order valence-electron chi connectivity index (χ4n) is 1.63. The van der Waals surface area contributed by atoms with Crippen LogP contribution in [0.2, 0.25) is 0 Å². The van der Waals surface area contributed by atoms with E-state index in [9.17, 15) is 22.3 Å². The van der Waals surface area contributed by atoms with Crippen molar-refractivity contribution in [1.82, 2.24) is 0 Å². The van der Waals surface area contributed by atoms with Crippen LogP contribution in [0.25, 0.3) is 0 Å². The van der Waals surface area contributed by atoms with Gasteiger partial charge in [0.25, 0.3) is 0 Å². The molecule has 1 aromatic carbocycles. The topological polar surface area (TPSA) is 63.6 Å². The summed E-state index contributed by atoms with van der Waals surface area (Å²) < 4.78 is 53.0. The predicted octanol–water partition coefficient (Wildman–Crippen LogP) is 0.501. The first-order chi connectivity index (χ1) is 7.87. The second kappa shape index (κ2) is 4.23. The quantitative estimate of drug-likeness (QED) is 0.845. The Hall–Kier alpha value is -1.21. The van der Waals surface area contributed by atoms with Crippen LogP contribution in [0.1, 0.15) is 0 Å². The Labute approximate surface area is 96.7 Å². The molecule has 0 spiro atoms. The van der Waals surface area contributed by atoms with Crippen LogP contribution in [-0.4, -0.2) is 37.2 Å². The number of aliphatic hydroxyl groups is 1. The van der Waals surface area contributed by atoms with E-state index in [1.54, 1.807) is 0 Å². The van der Waals surface area contributed by atoms with Crippen molar-refractivity contribution in [2.45, 2.75) is 12.2 Å². The molecular weight excluding hydrogens is 254 g/mol. The summed E-state index contributed by atoms with van der Waals surface area (Å²) in [5.41, 5.74) is 0. The van der Waals surface area contributed by atoms with Crippen LogP contribution in [0.3, 0.4) is 0 Å². The Morgan fingerprint density at radius 2 is 1.94 bits per heavy atom. The Morgan fingerprint density at radius 1 is 1.24 bits per heavy atom. The average Bonchev–Trinajstić information content (AvgIpc) is 2.46. The maximum Gasteiger partial charge on any atom is 0.162 e. The summed E-state index contributed by atoms with van der Waals surface area (Å²) in [7, 11) is -3.33. The van der Waals surface area contributed by atoms with Crippen LogP contribution in [0, 0.1) is 11.6 Å². The zero-order valence-corrected chi connectivity index (χ0v) is 9.45. The largest absolute Gasteiger partial charge is 0.487 e. The highest BCUT2D eigenvalue weighted by molar-refractivity contribution is 7.91. The van der Waals surface area contributed by atoms with Crippen LogP contribution in [0.4, 0.5) is 8.78 Å². The summed E-state index contributed by atoms with van der Waals surface area (Å²) in [6.07, 6.45) is -2.09. The third kappa shape index (κ3) is 2.73. The second-order valence-corrected chi connectivity index (χ2v) is 6.03. The van der Waals surface area contributed by atoms with Crippen LogP contribution in [-0.2, 0) is 9.84 Å². The zero-order chi connectivity index (χ0) is 12.6. The van der Waals surface area contributed by atoms with Gasteiger partial charge in [0.15, 0.2) is 21.5 Å². The SMILES string of the molecule is O=S1(=O)CC(O)C(Oc2ccc(F)c(F)c2)C1. The molecule has 7 heteroatoms. The maximum atomic E-state index is 12.9. The molecule has 1 aliphatic heterocycles. The standard InChI is InChI=1S/C10H10F2O4S/c11-7-2-1-6(3-8(7)12)16-10-5-17(14,15)4-9(10)13/h1-3,9-10,13H,4-5H2. The highest BCUT2D eigenvalue weighted by Gasteiger charge is 2.38. The second-order valence-electron chi connectivity index (χ2n) is 3.88. The van der Waals surface area contributed by atoms with Crippen LogP contribution >= 0.6 is 0 Å². The monoisotopic (exact) mass is 264 g/mol. The Morgan fingerprint density at radius 3 is 2.47 bits per heavy atom. The molecule has 4 nitrogen and oxygen atoms in total. The summed E-state index contributed by atoms with van der Waals surface area (Å²) in [6.45, 7) is 0. The van der Waals surface area contributed by atoms with Crippen LogP contribution in [0.5, 0.6) is 5.75 Å². The number of rotatable bonds is 2. The van der Waals surface area contributed by atoms with E-state index in [2.05, 4.69) is 0 Å². The van der Waals surface area contributed by atoms with E-state index in [4.69, 9.17) is 4.74 Å². The molecule has 1 saturated heterocycles. The van der Waals surface area contributed by atoms with Crippen molar-refractivity contribution in [3.8, 4) is 5.75 Å². The molecule has 0 bridgehead atoms. The fraction of sp³-hybridized carbons (Fsp3) is 0.400. The van der Waals surface area contributed by atoms with Gasteiger partial charge < -0.3 is 9.84 Å². The van der Waals surface area contributed by atoms with Gasteiger partial charge in [-0.3, -0.25) is 0 Å². The smallest absolute Gasteiger partial charge is 0.162 e. The molecule has 1 heterocycles. The minimum absolute atomic E-state index is 0.00921. The van der Waals surface area contributed by atoms with E-state index in [0.717, 1.165) is 12.1 Å². The molecule has 1 fully saturated rings. The van der Waals surface area contributed by atoms with Gasteiger partial charge in [0.1, 0.15) is 18.0 Å². The molecule has 1 N–H and O–H groups in total. The zero-order valence-electron chi connectivity index (χ0n) is 8.64. The lowest BCUT2D eigenvalue weighted by Crippen LogP contribution is -2.29. The summed E-state index contributed by atoms with van der Waals surface area (Å²) in [6, 6.07) is 2.86. The predicted molar refractivity (Wildman–Crippen MR) is 55.4 cm³/mol. The molecule has 2 rings (SSSR count). The molecular formula is C10H10F2O4S. The molecule has 0 aliphatic carbocycles. The molecule has 1 aliphatic rings. The first kappa shape index (κ1) is 12.3. The molecule has 2 unspecified atom stereocenters. The number of aliphatic hydroxyl groups excluding tert-OH is 1. The Kier molecular flexibility index (Phi) is 3.05. The highest BCUT2D eigenvalue weighted by atomic mass is 32.2. The minimum Gasteiger partial charge on any atom is -0.487 e. The van der Waals surface area contributed by atoms with E-state index in [1.165, 1.54) is 6.07 Å². The van der Waals surface area contributed by atoms with Crippen molar-refractivity contribution in [2.24, 2.45) is 0 Å². The van der Waals surface area contributed by atoms with Gasteiger partial charge in [-0.1, -0.05) is 0 Å². The Balaban J connectivity index is 2.14. The molecule has 0 amide bonds. The molecule has 1 aromatic rings. The van der Waals surface area contributed by atoms with E-state index in [-0.39, 0.29) is 17.3 Å². The van der Waals surface area contributed by atoms with Gasteiger partial charge in [-0.2, -0.15) is 0 Å². The van der Waals surface area contributed by atoms with Crippen LogP contribution in [0.15, 0.2) is 18.2 Å². The fourth-order valence-corrected chi connectivity index (χ4v) is 3.30. The average molecular weight is 264 g/mol. The molecule has 0 saturated carbocycles. The summed E-state index contributed by atoms with van der Waals surface area (Å²) in [5.74, 6) is -2.81. The van der Waals surface area contributed by atoms with Gasteiger partial charge in [0, 0.05) is 6.07 Å². The van der Waals surface area contributed by atoms with Crippen molar-refractivity contribution in [2.75, 3.05) is 11.5 Å². The lowest BCUT2D eigenvalue weighted by molar-refractivity contribution is 0.0735.